The average Bonchev–Trinajstić information content (AvgIpc) is 2.25. The van der Waals surface area contributed by atoms with Crippen molar-refractivity contribution in [2.24, 2.45) is 0 Å². The maximum atomic E-state index is 5.25. The first-order valence-electron chi connectivity index (χ1n) is 4.77. The average molecular weight is 271 g/mol. The van der Waals surface area contributed by atoms with Crippen LogP contribution in [0.15, 0.2) is 28.7 Å². The first-order valence-corrected chi connectivity index (χ1v) is 5.56. The summed E-state index contributed by atoms with van der Waals surface area (Å²) in [5.74, 6) is 0.881. The van der Waals surface area contributed by atoms with Crippen LogP contribution in [-0.2, 0) is 4.74 Å². The van der Waals surface area contributed by atoms with Crippen molar-refractivity contribution >= 4 is 22.0 Å². The lowest BCUT2D eigenvalue weighted by atomic mass is 10.2. The third kappa shape index (κ3) is 4.06. The second kappa shape index (κ2) is 6.64. The summed E-state index contributed by atoms with van der Waals surface area (Å²) in [5, 5.41) is 0. The van der Waals surface area contributed by atoms with Crippen LogP contribution in [-0.4, -0.2) is 20.8 Å². The monoisotopic (exact) mass is 270 g/mol. The predicted molar refractivity (Wildman–Crippen MR) is 66.2 cm³/mol. The van der Waals surface area contributed by atoms with Crippen LogP contribution in [0, 0.1) is 0 Å². The third-order valence-electron chi connectivity index (χ3n) is 1.98. The number of benzene rings is 1. The number of hydrogen-bond acceptors (Lipinski definition) is 2. The Morgan fingerprint density at radius 3 is 2.80 bits per heavy atom. The van der Waals surface area contributed by atoms with Crippen molar-refractivity contribution in [2.75, 3.05) is 20.8 Å². The molecule has 2 nitrogen and oxygen atoms in total. The molecule has 0 saturated carbocycles. The van der Waals surface area contributed by atoms with Gasteiger partial charge in [0, 0.05) is 23.8 Å². The molecule has 0 bridgehead atoms. The van der Waals surface area contributed by atoms with Crippen LogP contribution in [0.4, 0.5) is 0 Å². The lowest BCUT2D eigenvalue weighted by molar-refractivity contribution is 0.204. The molecule has 0 aliphatic carbocycles. The molecule has 0 amide bonds. The second-order valence-corrected chi connectivity index (χ2v) is 3.99. The van der Waals surface area contributed by atoms with Crippen LogP contribution in [0.3, 0.4) is 0 Å². The molecule has 3 heteroatoms. The summed E-state index contributed by atoms with van der Waals surface area (Å²) in [7, 11) is 3.38. The molecule has 1 aromatic rings. The van der Waals surface area contributed by atoms with Gasteiger partial charge in [0.05, 0.1) is 7.11 Å². The molecular formula is C12H15BrO2. The molecule has 82 valence electrons. The fourth-order valence-electron chi connectivity index (χ4n) is 1.23. The number of halogens is 1. The zero-order chi connectivity index (χ0) is 11.1. The van der Waals surface area contributed by atoms with Gasteiger partial charge in [-0.1, -0.05) is 28.1 Å². The maximum absolute atomic E-state index is 5.25. The standard InChI is InChI=1S/C12H15BrO2/c1-14-8-4-3-5-10-9-11(13)6-7-12(10)15-2/h3,5-7,9H,4,8H2,1-2H3. The Labute approximate surface area is 99.0 Å². The van der Waals surface area contributed by atoms with E-state index in [0.717, 1.165) is 28.8 Å². The van der Waals surface area contributed by atoms with Crippen LogP contribution < -0.4 is 4.74 Å². The molecule has 0 saturated heterocycles. The minimum Gasteiger partial charge on any atom is -0.496 e. The van der Waals surface area contributed by atoms with Crippen molar-refractivity contribution in [1.82, 2.24) is 0 Å². The van der Waals surface area contributed by atoms with Gasteiger partial charge in [-0.25, -0.2) is 0 Å². The highest BCUT2D eigenvalue weighted by atomic mass is 79.9. The Hall–Kier alpha value is -0.800. The first-order chi connectivity index (χ1) is 7.27. The minimum absolute atomic E-state index is 0.743. The number of methoxy groups -OCH3 is 2. The lowest BCUT2D eigenvalue weighted by Crippen LogP contribution is -1.87. The Kier molecular flexibility index (Phi) is 5.43. The highest BCUT2D eigenvalue weighted by Gasteiger charge is 1.99. The summed E-state index contributed by atoms with van der Waals surface area (Å²) in [4.78, 5) is 0. The van der Waals surface area contributed by atoms with Crippen LogP contribution >= 0.6 is 15.9 Å². The molecule has 0 atom stereocenters. The van der Waals surface area contributed by atoms with E-state index in [1.807, 2.05) is 24.3 Å². The molecule has 15 heavy (non-hydrogen) atoms. The Morgan fingerprint density at radius 1 is 1.33 bits per heavy atom. The lowest BCUT2D eigenvalue weighted by Gasteiger charge is -2.04. The fraction of sp³-hybridized carbons (Fsp3) is 0.333. The Bertz CT molecular complexity index is 334. The van der Waals surface area contributed by atoms with Crippen molar-refractivity contribution in [3.05, 3.63) is 34.3 Å². The van der Waals surface area contributed by atoms with Crippen molar-refractivity contribution < 1.29 is 9.47 Å². The molecule has 0 fully saturated rings. The molecule has 0 N–H and O–H groups in total. The van der Waals surface area contributed by atoms with Gasteiger partial charge in [0.2, 0.25) is 0 Å². The van der Waals surface area contributed by atoms with Gasteiger partial charge in [-0.15, -0.1) is 0 Å². The van der Waals surface area contributed by atoms with E-state index in [1.165, 1.54) is 0 Å². The van der Waals surface area contributed by atoms with Gasteiger partial charge < -0.3 is 9.47 Å². The van der Waals surface area contributed by atoms with Crippen LogP contribution in [0.1, 0.15) is 12.0 Å². The fourth-order valence-corrected chi connectivity index (χ4v) is 1.61. The molecule has 0 unspecified atom stereocenters. The largest absolute Gasteiger partial charge is 0.496 e. The smallest absolute Gasteiger partial charge is 0.126 e. The maximum Gasteiger partial charge on any atom is 0.126 e. The molecule has 0 aliphatic rings. The Balaban J connectivity index is 2.73. The summed E-state index contributed by atoms with van der Waals surface area (Å²) in [6.07, 6.45) is 5.03. The van der Waals surface area contributed by atoms with Gasteiger partial charge >= 0.3 is 0 Å². The summed E-state index contributed by atoms with van der Waals surface area (Å²) >= 11 is 3.43. The predicted octanol–water partition coefficient (Wildman–Crippen LogP) is 3.51. The van der Waals surface area contributed by atoms with Crippen LogP contribution in [0.2, 0.25) is 0 Å². The molecule has 0 spiro atoms. The van der Waals surface area contributed by atoms with Gasteiger partial charge in [0.1, 0.15) is 5.75 Å². The molecule has 0 heterocycles. The molecule has 0 aliphatic heterocycles. The van der Waals surface area contributed by atoms with Gasteiger partial charge in [0.15, 0.2) is 0 Å². The quantitative estimate of drug-likeness (QED) is 0.763. The van der Waals surface area contributed by atoms with Crippen molar-refractivity contribution in [2.45, 2.75) is 6.42 Å². The van der Waals surface area contributed by atoms with E-state index in [2.05, 4.69) is 22.0 Å². The van der Waals surface area contributed by atoms with E-state index < -0.39 is 0 Å². The normalized spacial score (nSPS) is 10.9. The van der Waals surface area contributed by atoms with Gasteiger partial charge in [-0.05, 0) is 24.6 Å². The van der Waals surface area contributed by atoms with E-state index in [0.29, 0.717) is 0 Å². The topological polar surface area (TPSA) is 18.5 Å². The zero-order valence-corrected chi connectivity index (χ0v) is 10.6. The summed E-state index contributed by atoms with van der Waals surface area (Å²) in [6, 6.07) is 5.94. The Morgan fingerprint density at radius 2 is 2.13 bits per heavy atom. The van der Waals surface area contributed by atoms with Crippen molar-refractivity contribution in [1.29, 1.82) is 0 Å². The minimum atomic E-state index is 0.743. The summed E-state index contributed by atoms with van der Waals surface area (Å²) in [6.45, 7) is 0.743. The second-order valence-electron chi connectivity index (χ2n) is 3.07. The highest BCUT2D eigenvalue weighted by molar-refractivity contribution is 9.10. The number of rotatable bonds is 5. The van der Waals surface area contributed by atoms with E-state index in [1.54, 1.807) is 14.2 Å². The van der Waals surface area contributed by atoms with Crippen molar-refractivity contribution in [3.63, 3.8) is 0 Å². The van der Waals surface area contributed by atoms with Gasteiger partial charge in [-0.3, -0.25) is 0 Å². The molecule has 1 rings (SSSR count). The molecular weight excluding hydrogens is 256 g/mol. The molecule has 0 aromatic heterocycles. The van der Waals surface area contributed by atoms with E-state index in [-0.39, 0.29) is 0 Å². The summed E-state index contributed by atoms with van der Waals surface area (Å²) < 4.78 is 11.3. The summed E-state index contributed by atoms with van der Waals surface area (Å²) in [5.41, 5.74) is 1.07. The first kappa shape index (κ1) is 12.3. The van der Waals surface area contributed by atoms with E-state index in [4.69, 9.17) is 9.47 Å². The molecule has 1 aromatic carbocycles. The van der Waals surface area contributed by atoms with Gasteiger partial charge in [-0.2, -0.15) is 0 Å². The van der Waals surface area contributed by atoms with Crippen LogP contribution in [0.5, 0.6) is 5.75 Å². The van der Waals surface area contributed by atoms with Crippen molar-refractivity contribution in [3.8, 4) is 5.75 Å². The molecule has 0 radical (unpaired) electrons. The number of ether oxygens (including phenoxy) is 2. The van der Waals surface area contributed by atoms with Gasteiger partial charge in [0.25, 0.3) is 0 Å². The van der Waals surface area contributed by atoms with E-state index in [9.17, 15) is 0 Å². The van der Waals surface area contributed by atoms with E-state index >= 15 is 0 Å². The van der Waals surface area contributed by atoms with Crippen LogP contribution in [0.25, 0.3) is 6.08 Å². The SMILES string of the molecule is COCCC=Cc1cc(Br)ccc1OC. The highest BCUT2D eigenvalue weighted by Crippen LogP contribution is 2.24. The third-order valence-corrected chi connectivity index (χ3v) is 2.47. The zero-order valence-electron chi connectivity index (χ0n) is 9.00. The number of hydrogen-bond donors (Lipinski definition) is 0.